The normalized spacial score (nSPS) is 17.3. The summed E-state index contributed by atoms with van der Waals surface area (Å²) in [7, 11) is 0. The Bertz CT molecular complexity index is 949. The van der Waals surface area contributed by atoms with Gasteiger partial charge in [-0.05, 0) is 51.4 Å². The molecule has 2 heterocycles. The smallest absolute Gasteiger partial charge is 0.220 e. The highest BCUT2D eigenvalue weighted by atomic mass is 16.1. The van der Waals surface area contributed by atoms with Crippen molar-refractivity contribution in [2.24, 2.45) is 11.7 Å². The topological polar surface area (TPSA) is 62.1 Å². The van der Waals surface area contributed by atoms with Crippen LogP contribution in [-0.2, 0) is 4.79 Å². The van der Waals surface area contributed by atoms with E-state index in [0.717, 1.165) is 25.9 Å². The first-order chi connectivity index (χ1) is 13.0. The molecule has 1 atom stereocenters. The minimum atomic E-state index is -0.162. The van der Waals surface area contributed by atoms with Gasteiger partial charge in [0.15, 0.2) is 0 Å². The van der Waals surface area contributed by atoms with E-state index in [9.17, 15) is 4.79 Å². The molecule has 3 N–H and O–H groups in total. The molecule has 1 aromatic heterocycles. The summed E-state index contributed by atoms with van der Waals surface area (Å²) in [5.41, 5.74) is 11.8. The number of nitrogens with two attached hydrogens (primary N) is 1. The van der Waals surface area contributed by atoms with E-state index in [4.69, 9.17) is 5.73 Å². The molecule has 1 fully saturated rings. The number of carbonyl (C=O) groups is 1. The third-order valence-electron chi connectivity index (χ3n) is 5.91. The number of rotatable bonds is 4. The molecular formula is C23H27N3O. The zero-order chi connectivity index (χ0) is 19.0. The predicted molar refractivity (Wildman–Crippen MR) is 110 cm³/mol. The number of aryl methyl sites for hydroxylation is 2. The van der Waals surface area contributed by atoms with Crippen LogP contribution in [0.4, 0.5) is 0 Å². The van der Waals surface area contributed by atoms with Crippen LogP contribution in [0.2, 0.25) is 0 Å². The maximum Gasteiger partial charge on any atom is 0.220 e. The number of likely N-dealkylation sites (tertiary alicyclic amines) is 1. The molecule has 1 aliphatic heterocycles. The zero-order valence-corrected chi connectivity index (χ0v) is 16.0. The molecule has 1 saturated heterocycles. The number of amides is 1. The van der Waals surface area contributed by atoms with Crippen LogP contribution in [0.25, 0.3) is 10.9 Å². The number of benzene rings is 2. The Morgan fingerprint density at radius 3 is 2.41 bits per heavy atom. The number of aromatic nitrogens is 1. The summed E-state index contributed by atoms with van der Waals surface area (Å²) in [5.74, 6) is -0.159. The van der Waals surface area contributed by atoms with Crippen LogP contribution in [0, 0.1) is 19.8 Å². The van der Waals surface area contributed by atoms with Gasteiger partial charge in [0, 0.05) is 28.1 Å². The summed E-state index contributed by atoms with van der Waals surface area (Å²) in [5, 5.41) is 1.28. The number of nitrogens with one attached hydrogen (secondary N) is 1. The lowest BCUT2D eigenvalue weighted by atomic mass is 9.89. The fourth-order valence-electron chi connectivity index (χ4n) is 4.40. The van der Waals surface area contributed by atoms with Gasteiger partial charge in [0.2, 0.25) is 5.91 Å². The molecule has 4 heteroatoms. The number of hydrogen-bond donors (Lipinski definition) is 2. The number of hydrogen-bond acceptors (Lipinski definition) is 2. The average molecular weight is 361 g/mol. The van der Waals surface area contributed by atoms with Gasteiger partial charge < -0.3 is 10.7 Å². The quantitative estimate of drug-likeness (QED) is 0.736. The Hall–Kier alpha value is -2.59. The van der Waals surface area contributed by atoms with Crippen LogP contribution in [-0.4, -0.2) is 28.9 Å². The number of nitrogens with zero attached hydrogens (tertiary/aromatic N) is 1. The number of primary amides is 1. The Kier molecular flexibility index (Phi) is 4.75. The molecule has 140 valence electrons. The number of fused-ring (bicyclic) bond motifs is 1. The first-order valence-corrected chi connectivity index (χ1v) is 9.71. The SMILES string of the molecule is Cc1ccc(C(c2c(C)[nH]c3ccccc23)N2CCC(C(N)=O)CC2)cc1. The van der Waals surface area contributed by atoms with Crippen molar-refractivity contribution >= 4 is 16.8 Å². The molecule has 3 aromatic rings. The number of para-hydroxylation sites is 1. The average Bonchev–Trinajstić information content (AvgIpc) is 3.00. The Labute approximate surface area is 160 Å². The van der Waals surface area contributed by atoms with E-state index in [1.165, 1.54) is 33.3 Å². The Balaban J connectivity index is 1.78. The van der Waals surface area contributed by atoms with Crippen LogP contribution in [0.1, 0.15) is 41.3 Å². The lowest BCUT2D eigenvalue weighted by Crippen LogP contribution is -2.41. The second-order valence-corrected chi connectivity index (χ2v) is 7.74. The summed E-state index contributed by atoms with van der Waals surface area (Å²) in [6, 6.07) is 17.5. The van der Waals surface area contributed by atoms with E-state index in [-0.39, 0.29) is 17.9 Å². The van der Waals surface area contributed by atoms with Crippen molar-refractivity contribution in [1.82, 2.24) is 9.88 Å². The van der Waals surface area contributed by atoms with Gasteiger partial charge in [-0.1, -0.05) is 48.0 Å². The van der Waals surface area contributed by atoms with Crippen LogP contribution >= 0.6 is 0 Å². The van der Waals surface area contributed by atoms with E-state index < -0.39 is 0 Å². The molecule has 4 nitrogen and oxygen atoms in total. The Morgan fingerprint density at radius 2 is 1.74 bits per heavy atom. The van der Waals surface area contributed by atoms with E-state index in [1.807, 2.05) is 0 Å². The maximum absolute atomic E-state index is 11.6. The van der Waals surface area contributed by atoms with E-state index in [1.54, 1.807) is 0 Å². The standard InChI is InChI=1S/C23H27N3O/c1-15-7-9-17(10-8-15)22(26-13-11-18(12-14-26)23(24)27)21-16(2)25-20-6-4-3-5-19(20)21/h3-10,18,22,25H,11-14H2,1-2H3,(H2,24,27). The second-order valence-electron chi connectivity index (χ2n) is 7.74. The predicted octanol–water partition coefficient (Wildman–Crippen LogP) is 4.07. The first-order valence-electron chi connectivity index (χ1n) is 9.71. The van der Waals surface area contributed by atoms with Crippen molar-refractivity contribution in [2.45, 2.75) is 32.7 Å². The molecule has 0 aliphatic carbocycles. The Morgan fingerprint density at radius 1 is 1.07 bits per heavy atom. The van der Waals surface area contributed by atoms with Crippen LogP contribution in [0.5, 0.6) is 0 Å². The summed E-state index contributed by atoms with van der Waals surface area (Å²) < 4.78 is 0. The third kappa shape index (κ3) is 3.37. The molecule has 27 heavy (non-hydrogen) atoms. The highest BCUT2D eigenvalue weighted by Crippen LogP contribution is 2.38. The third-order valence-corrected chi connectivity index (χ3v) is 5.91. The van der Waals surface area contributed by atoms with Gasteiger partial charge in [0.05, 0.1) is 6.04 Å². The minimum Gasteiger partial charge on any atom is -0.369 e. The molecule has 1 amide bonds. The summed E-state index contributed by atoms with van der Waals surface area (Å²) >= 11 is 0. The van der Waals surface area contributed by atoms with Gasteiger partial charge in [-0.3, -0.25) is 9.69 Å². The van der Waals surface area contributed by atoms with E-state index in [2.05, 4.69) is 72.3 Å². The van der Waals surface area contributed by atoms with Crippen molar-refractivity contribution in [3.63, 3.8) is 0 Å². The van der Waals surface area contributed by atoms with Crippen molar-refractivity contribution < 1.29 is 4.79 Å². The van der Waals surface area contributed by atoms with Crippen molar-refractivity contribution in [3.05, 3.63) is 70.9 Å². The largest absolute Gasteiger partial charge is 0.369 e. The van der Waals surface area contributed by atoms with E-state index >= 15 is 0 Å². The van der Waals surface area contributed by atoms with Gasteiger partial charge in [-0.25, -0.2) is 0 Å². The fourth-order valence-corrected chi connectivity index (χ4v) is 4.40. The van der Waals surface area contributed by atoms with Crippen LogP contribution < -0.4 is 5.73 Å². The molecule has 2 aromatic carbocycles. The van der Waals surface area contributed by atoms with Crippen LogP contribution in [0.3, 0.4) is 0 Å². The summed E-state index contributed by atoms with van der Waals surface area (Å²) in [6.07, 6.45) is 1.66. The van der Waals surface area contributed by atoms with E-state index in [0.29, 0.717) is 0 Å². The second kappa shape index (κ2) is 7.20. The molecule has 0 spiro atoms. The molecule has 0 radical (unpaired) electrons. The van der Waals surface area contributed by atoms with Crippen molar-refractivity contribution in [1.29, 1.82) is 0 Å². The number of piperidine rings is 1. The zero-order valence-electron chi connectivity index (χ0n) is 16.0. The summed E-state index contributed by atoms with van der Waals surface area (Å²) in [4.78, 5) is 17.7. The molecular weight excluding hydrogens is 334 g/mol. The number of aromatic amines is 1. The fraction of sp³-hybridized carbons (Fsp3) is 0.348. The lowest BCUT2D eigenvalue weighted by Gasteiger charge is -2.37. The molecule has 1 unspecified atom stereocenters. The van der Waals surface area contributed by atoms with Crippen molar-refractivity contribution in [3.8, 4) is 0 Å². The lowest BCUT2D eigenvalue weighted by molar-refractivity contribution is -0.123. The van der Waals surface area contributed by atoms with Gasteiger partial charge >= 0.3 is 0 Å². The monoisotopic (exact) mass is 361 g/mol. The van der Waals surface area contributed by atoms with Gasteiger partial charge in [-0.2, -0.15) is 0 Å². The maximum atomic E-state index is 11.6. The molecule has 4 rings (SSSR count). The number of H-pyrrole nitrogens is 1. The summed E-state index contributed by atoms with van der Waals surface area (Å²) in [6.45, 7) is 6.04. The highest BCUT2D eigenvalue weighted by molar-refractivity contribution is 5.85. The van der Waals surface area contributed by atoms with Gasteiger partial charge in [0.25, 0.3) is 0 Å². The van der Waals surface area contributed by atoms with Crippen molar-refractivity contribution in [2.75, 3.05) is 13.1 Å². The molecule has 0 saturated carbocycles. The first kappa shape index (κ1) is 17.8. The molecule has 0 bridgehead atoms. The minimum absolute atomic E-state index is 0.00369. The number of carbonyl (C=O) groups excluding carboxylic acids is 1. The highest BCUT2D eigenvalue weighted by Gasteiger charge is 2.31. The molecule has 1 aliphatic rings. The van der Waals surface area contributed by atoms with Gasteiger partial charge in [-0.15, -0.1) is 0 Å². The van der Waals surface area contributed by atoms with Crippen LogP contribution in [0.15, 0.2) is 48.5 Å². The van der Waals surface area contributed by atoms with Gasteiger partial charge in [0.1, 0.15) is 0 Å².